The third kappa shape index (κ3) is 2.54. The molecule has 2 heteroatoms. The van der Waals surface area contributed by atoms with E-state index < -0.39 is 0 Å². The molecule has 0 aliphatic carbocycles. The monoisotopic (exact) mass is 212 g/mol. The molecule has 1 aliphatic heterocycles. The van der Waals surface area contributed by atoms with E-state index in [-0.39, 0.29) is 0 Å². The maximum atomic E-state index is 3.56. The predicted octanol–water partition coefficient (Wildman–Crippen LogP) is 2.64. The Labute approximate surface area is 95.4 Å². The lowest BCUT2D eigenvalue weighted by molar-refractivity contribution is 0.00938. The molecular weight excluding hydrogens is 184 g/mol. The lowest BCUT2D eigenvalue weighted by Crippen LogP contribution is -2.62. The van der Waals surface area contributed by atoms with Gasteiger partial charge in [-0.15, -0.1) is 0 Å². The summed E-state index contributed by atoms with van der Waals surface area (Å²) < 4.78 is 0. The van der Waals surface area contributed by atoms with Crippen LogP contribution in [-0.4, -0.2) is 35.6 Å². The van der Waals surface area contributed by atoms with E-state index in [0.717, 1.165) is 6.54 Å². The molecule has 2 nitrogen and oxygen atoms in total. The number of rotatable bonds is 4. The molecule has 0 bridgehead atoms. The molecule has 1 aliphatic rings. The highest BCUT2D eigenvalue weighted by Gasteiger charge is 2.37. The van der Waals surface area contributed by atoms with Crippen LogP contribution in [-0.2, 0) is 0 Å². The quantitative estimate of drug-likeness (QED) is 0.770. The van der Waals surface area contributed by atoms with Gasteiger partial charge in [0, 0.05) is 30.7 Å². The number of hydrogen-bond acceptors (Lipinski definition) is 2. The minimum atomic E-state index is 0.440. The average Bonchev–Trinajstić information content (AvgIpc) is 2.26. The summed E-state index contributed by atoms with van der Waals surface area (Å²) in [7, 11) is 0. The van der Waals surface area contributed by atoms with Crippen molar-refractivity contribution in [3.8, 4) is 0 Å². The second kappa shape index (κ2) is 5.31. The van der Waals surface area contributed by atoms with Gasteiger partial charge in [0.2, 0.25) is 0 Å². The summed E-state index contributed by atoms with van der Waals surface area (Å²) in [4.78, 5) is 2.74. The van der Waals surface area contributed by atoms with Crippen molar-refractivity contribution < 1.29 is 0 Å². The van der Waals surface area contributed by atoms with Crippen LogP contribution < -0.4 is 5.32 Å². The van der Waals surface area contributed by atoms with Gasteiger partial charge in [-0.3, -0.25) is 4.90 Å². The molecule has 1 N–H and O–H groups in total. The van der Waals surface area contributed by atoms with Gasteiger partial charge in [-0.1, -0.05) is 20.8 Å². The van der Waals surface area contributed by atoms with Crippen molar-refractivity contribution in [3.63, 3.8) is 0 Å². The van der Waals surface area contributed by atoms with E-state index in [1.807, 2.05) is 0 Å². The Morgan fingerprint density at radius 1 is 1.13 bits per heavy atom. The fourth-order valence-corrected chi connectivity index (χ4v) is 3.04. The smallest absolute Gasteiger partial charge is 0.0205 e. The van der Waals surface area contributed by atoms with E-state index in [1.54, 1.807) is 0 Å². The van der Waals surface area contributed by atoms with E-state index >= 15 is 0 Å². The fourth-order valence-electron chi connectivity index (χ4n) is 3.04. The number of nitrogens with zero attached hydrogens (tertiary/aromatic N) is 1. The molecule has 15 heavy (non-hydrogen) atoms. The Balaban J connectivity index is 2.80. The normalized spacial score (nSPS) is 29.4. The summed E-state index contributed by atoms with van der Waals surface area (Å²) in [5, 5.41) is 3.56. The maximum Gasteiger partial charge on any atom is 0.0205 e. The topological polar surface area (TPSA) is 15.3 Å². The summed E-state index contributed by atoms with van der Waals surface area (Å²) >= 11 is 0. The molecule has 0 aromatic heterocycles. The molecule has 1 saturated heterocycles. The minimum absolute atomic E-state index is 0.440. The van der Waals surface area contributed by atoms with E-state index in [0.29, 0.717) is 17.6 Å². The molecule has 0 radical (unpaired) electrons. The number of nitrogens with one attached hydrogen (secondary N) is 1. The Morgan fingerprint density at radius 3 is 2.13 bits per heavy atom. The first-order chi connectivity index (χ1) is 7.09. The maximum absolute atomic E-state index is 3.56. The van der Waals surface area contributed by atoms with Crippen LogP contribution in [0.3, 0.4) is 0 Å². The van der Waals surface area contributed by atoms with Gasteiger partial charge in [0.05, 0.1) is 0 Å². The van der Waals surface area contributed by atoms with Crippen LogP contribution in [0.5, 0.6) is 0 Å². The second-order valence-electron chi connectivity index (χ2n) is 5.10. The van der Waals surface area contributed by atoms with E-state index in [2.05, 4.69) is 44.8 Å². The Kier molecular flexibility index (Phi) is 4.60. The highest BCUT2D eigenvalue weighted by molar-refractivity contribution is 4.94. The van der Waals surface area contributed by atoms with Gasteiger partial charge in [-0.25, -0.2) is 0 Å². The Bertz CT molecular complexity index is 179. The van der Waals surface area contributed by atoms with Crippen LogP contribution in [0.15, 0.2) is 0 Å². The number of piperazine rings is 1. The van der Waals surface area contributed by atoms with Crippen molar-refractivity contribution in [1.29, 1.82) is 0 Å². The summed E-state index contributed by atoms with van der Waals surface area (Å²) in [5.74, 6) is 0. The average molecular weight is 212 g/mol. The van der Waals surface area contributed by atoms with Crippen LogP contribution >= 0.6 is 0 Å². The molecule has 2 atom stereocenters. The Hall–Kier alpha value is -0.0800. The first kappa shape index (κ1) is 13.0. The second-order valence-corrected chi connectivity index (χ2v) is 5.10. The molecule has 0 saturated carbocycles. The van der Waals surface area contributed by atoms with E-state index in [4.69, 9.17) is 0 Å². The molecule has 1 heterocycles. The molecule has 90 valence electrons. The van der Waals surface area contributed by atoms with E-state index in [9.17, 15) is 0 Å². The lowest BCUT2D eigenvalue weighted by atomic mass is 9.85. The van der Waals surface area contributed by atoms with Crippen molar-refractivity contribution in [3.05, 3.63) is 0 Å². The van der Waals surface area contributed by atoms with Crippen molar-refractivity contribution in [2.75, 3.05) is 13.1 Å². The predicted molar refractivity (Wildman–Crippen MR) is 67.2 cm³/mol. The molecule has 2 unspecified atom stereocenters. The summed E-state index contributed by atoms with van der Waals surface area (Å²) in [6.07, 6.45) is 3.82. The Morgan fingerprint density at radius 2 is 1.67 bits per heavy atom. The van der Waals surface area contributed by atoms with Crippen LogP contribution in [0.25, 0.3) is 0 Å². The van der Waals surface area contributed by atoms with E-state index in [1.165, 1.54) is 25.8 Å². The van der Waals surface area contributed by atoms with Crippen LogP contribution in [0.2, 0.25) is 0 Å². The van der Waals surface area contributed by atoms with Crippen LogP contribution in [0.1, 0.15) is 53.9 Å². The van der Waals surface area contributed by atoms with Crippen molar-refractivity contribution in [1.82, 2.24) is 10.2 Å². The first-order valence-electron chi connectivity index (χ1n) is 6.59. The highest BCUT2D eigenvalue weighted by atomic mass is 15.3. The third-order valence-electron chi connectivity index (χ3n) is 4.35. The lowest BCUT2D eigenvalue weighted by Gasteiger charge is -2.50. The van der Waals surface area contributed by atoms with Gasteiger partial charge in [0.25, 0.3) is 0 Å². The minimum Gasteiger partial charge on any atom is -0.311 e. The van der Waals surface area contributed by atoms with Crippen LogP contribution in [0.4, 0.5) is 0 Å². The van der Waals surface area contributed by atoms with Gasteiger partial charge in [-0.2, -0.15) is 0 Å². The van der Waals surface area contributed by atoms with Gasteiger partial charge in [0.1, 0.15) is 0 Å². The van der Waals surface area contributed by atoms with Gasteiger partial charge >= 0.3 is 0 Å². The summed E-state index contributed by atoms with van der Waals surface area (Å²) in [6, 6.07) is 1.33. The first-order valence-corrected chi connectivity index (χ1v) is 6.59. The highest BCUT2D eigenvalue weighted by Crippen LogP contribution is 2.30. The van der Waals surface area contributed by atoms with Crippen molar-refractivity contribution >= 4 is 0 Å². The van der Waals surface area contributed by atoms with Crippen molar-refractivity contribution in [2.45, 2.75) is 71.5 Å². The zero-order chi connectivity index (χ0) is 11.5. The molecule has 0 aromatic carbocycles. The zero-order valence-corrected chi connectivity index (χ0v) is 11.1. The third-order valence-corrected chi connectivity index (χ3v) is 4.35. The summed E-state index contributed by atoms with van der Waals surface area (Å²) in [6.45, 7) is 14.0. The van der Waals surface area contributed by atoms with Gasteiger partial charge in [-0.05, 0) is 33.1 Å². The molecule has 1 rings (SSSR count). The molecule has 0 spiro atoms. The number of hydrogen-bond donors (Lipinski definition) is 1. The van der Waals surface area contributed by atoms with Gasteiger partial charge in [0.15, 0.2) is 0 Å². The molecule has 1 fully saturated rings. The SMILES string of the molecule is CCC(CC)(CC)N1CC(C)NCC1C. The van der Waals surface area contributed by atoms with Gasteiger partial charge < -0.3 is 5.32 Å². The molecule has 0 aromatic rings. The largest absolute Gasteiger partial charge is 0.311 e. The summed E-state index contributed by atoms with van der Waals surface area (Å²) in [5.41, 5.74) is 0.440. The molecule has 0 amide bonds. The standard InChI is InChI=1S/C13H28N2/c1-6-13(7-2,8-3)15-10-11(4)14-9-12(15)5/h11-12,14H,6-10H2,1-5H3. The van der Waals surface area contributed by atoms with Crippen molar-refractivity contribution in [2.24, 2.45) is 0 Å². The fraction of sp³-hybridized carbons (Fsp3) is 1.00. The molecular formula is C13H28N2. The zero-order valence-electron chi connectivity index (χ0n) is 11.1. The van der Waals surface area contributed by atoms with Crippen LogP contribution in [0, 0.1) is 0 Å².